The maximum absolute atomic E-state index is 12.2. The molecule has 1 aromatic heterocycles. The van der Waals surface area contributed by atoms with E-state index >= 15 is 0 Å². The molecule has 122 valence electrons. The highest BCUT2D eigenvalue weighted by atomic mass is 16.5. The summed E-state index contributed by atoms with van der Waals surface area (Å²) in [6.45, 7) is 5.86. The van der Waals surface area contributed by atoms with Crippen LogP contribution in [0.2, 0.25) is 0 Å². The monoisotopic (exact) mass is 311 g/mol. The van der Waals surface area contributed by atoms with Crippen LogP contribution in [0, 0.1) is 6.92 Å². The zero-order valence-corrected chi connectivity index (χ0v) is 13.5. The number of hydrogen-bond acceptors (Lipinski definition) is 6. The fraction of sp³-hybridized carbons (Fsp3) is 0.533. The normalized spacial score (nSPS) is 10.2. The largest absolute Gasteiger partial charge is 0.469 e. The van der Waals surface area contributed by atoms with Gasteiger partial charge in [0.15, 0.2) is 0 Å². The Bertz CT molecular complexity index is 587. The molecule has 0 aromatic carbocycles. The summed E-state index contributed by atoms with van der Waals surface area (Å²) in [6.07, 6.45) is -0.205. The van der Waals surface area contributed by atoms with Crippen LogP contribution < -0.4 is 0 Å². The van der Waals surface area contributed by atoms with Gasteiger partial charge in [0, 0.05) is 17.8 Å². The number of rotatable bonds is 6. The Labute approximate surface area is 129 Å². The second-order valence-corrected chi connectivity index (χ2v) is 4.50. The molecule has 0 fully saturated rings. The van der Waals surface area contributed by atoms with Gasteiger partial charge in [-0.2, -0.15) is 0 Å². The summed E-state index contributed by atoms with van der Waals surface area (Å²) in [6, 6.07) is 0. The van der Waals surface area contributed by atoms with Gasteiger partial charge in [0.2, 0.25) is 0 Å². The van der Waals surface area contributed by atoms with Crippen molar-refractivity contribution in [3.05, 3.63) is 22.5 Å². The third kappa shape index (κ3) is 3.29. The topological polar surface area (TPSA) is 83.8 Å². The average Bonchev–Trinajstić information content (AvgIpc) is 2.78. The smallest absolute Gasteiger partial charge is 0.355 e. The van der Waals surface area contributed by atoms with Crippen LogP contribution in [0.4, 0.5) is 0 Å². The first kappa shape index (κ1) is 17.7. The Hall–Kier alpha value is -2.31. The average molecular weight is 311 g/mol. The quantitative estimate of drug-likeness (QED) is 0.584. The molecule has 0 aliphatic heterocycles. The van der Waals surface area contributed by atoms with E-state index in [0.29, 0.717) is 12.2 Å². The number of methoxy groups -OCH3 is 2. The van der Waals surface area contributed by atoms with Crippen LogP contribution in [0.1, 0.15) is 46.0 Å². The molecule has 0 N–H and O–H groups in total. The highest BCUT2D eigenvalue weighted by Crippen LogP contribution is 2.26. The lowest BCUT2D eigenvalue weighted by Gasteiger charge is -2.08. The van der Waals surface area contributed by atoms with Crippen molar-refractivity contribution in [2.45, 2.75) is 33.7 Å². The van der Waals surface area contributed by atoms with E-state index in [1.165, 1.54) is 14.2 Å². The summed E-state index contributed by atoms with van der Waals surface area (Å²) < 4.78 is 16.1. The summed E-state index contributed by atoms with van der Waals surface area (Å²) in [4.78, 5) is 35.9. The molecule has 0 amide bonds. The maximum atomic E-state index is 12.2. The molecule has 0 spiro atoms. The lowest BCUT2D eigenvalue weighted by atomic mass is 10.1. The first-order chi connectivity index (χ1) is 10.4. The molecule has 0 saturated carbocycles. The van der Waals surface area contributed by atoms with Crippen molar-refractivity contribution in [1.82, 2.24) is 4.57 Å². The third-order valence-corrected chi connectivity index (χ3v) is 3.35. The van der Waals surface area contributed by atoms with Crippen molar-refractivity contribution in [3.8, 4) is 0 Å². The van der Waals surface area contributed by atoms with E-state index in [2.05, 4.69) is 4.74 Å². The van der Waals surface area contributed by atoms with Gasteiger partial charge in [0.1, 0.15) is 5.69 Å². The van der Waals surface area contributed by atoms with Gasteiger partial charge >= 0.3 is 17.9 Å². The molecule has 0 aliphatic carbocycles. The first-order valence-corrected chi connectivity index (χ1v) is 6.96. The van der Waals surface area contributed by atoms with Gasteiger partial charge in [-0.05, 0) is 20.8 Å². The van der Waals surface area contributed by atoms with Crippen LogP contribution in [0.5, 0.6) is 0 Å². The van der Waals surface area contributed by atoms with E-state index in [1.807, 2.05) is 6.92 Å². The van der Waals surface area contributed by atoms with E-state index in [4.69, 9.17) is 9.47 Å². The van der Waals surface area contributed by atoms with Crippen LogP contribution in [-0.4, -0.2) is 43.3 Å². The molecular weight excluding hydrogens is 290 g/mol. The molecule has 0 radical (unpaired) electrons. The van der Waals surface area contributed by atoms with Gasteiger partial charge in [-0.25, -0.2) is 9.59 Å². The molecule has 0 saturated heterocycles. The molecular formula is C15H21NO6. The second-order valence-electron chi connectivity index (χ2n) is 4.50. The van der Waals surface area contributed by atoms with Crippen LogP contribution in [-0.2, 0) is 32.0 Å². The van der Waals surface area contributed by atoms with Gasteiger partial charge in [0.25, 0.3) is 0 Å². The van der Waals surface area contributed by atoms with Crippen LogP contribution in [0.25, 0.3) is 0 Å². The van der Waals surface area contributed by atoms with Gasteiger partial charge in [-0.15, -0.1) is 0 Å². The molecule has 1 aromatic rings. The Morgan fingerprint density at radius 1 is 1.05 bits per heavy atom. The van der Waals surface area contributed by atoms with Crippen LogP contribution >= 0.6 is 0 Å². The molecule has 0 atom stereocenters. The molecule has 1 heterocycles. The first-order valence-electron chi connectivity index (χ1n) is 6.96. The number of ether oxygens (including phenoxy) is 3. The lowest BCUT2D eigenvalue weighted by Crippen LogP contribution is -2.16. The number of carbonyl (C=O) groups excluding carboxylic acids is 3. The van der Waals surface area contributed by atoms with Crippen molar-refractivity contribution in [2.75, 3.05) is 20.8 Å². The second kappa shape index (κ2) is 7.63. The van der Waals surface area contributed by atoms with E-state index in [1.54, 1.807) is 18.4 Å². The molecule has 0 bridgehead atoms. The van der Waals surface area contributed by atoms with Crippen molar-refractivity contribution in [2.24, 2.45) is 0 Å². The molecule has 22 heavy (non-hydrogen) atoms. The summed E-state index contributed by atoms with van der Waals surface area (Å²) in [5, 5.41) is 0. The van der Waals surface area contributed by atoms with Gasteiger partial charge < -0.3 is 18.8 Å². The predicted molar refractivity (Wildman–Crippen MR) is 77.9 cm³/mol. The molecule has 7 heteroatoms. The maximum Gasteiger partial charge on any atom is 0.355 e. The summed E-state index contributed by atoms with van der Waals surface area (Å²) in [5.74, 6) is -1.74. The van der Waals surface area contributed by atoms with E-state index < -0.39 is 17.9 Å². The minimum absolute atomic E-state index is 0.177. The molecule has 0 aliphatic rings. The van der Waals surface area contributed by atoms with Crippen molar-refractivity contribution < 1.29 is 28.6 Å². The zero-order chi connectivity index (χ0) is 16.9. The summed E-state index contributed by atoms with van der Waals surface area (Å²) in [7, 11) is 2.49. The SMILES string of the molecule is CCOC(=O)c1c(CC(=O)OC)c(C(=O)OC)n(CC)c1C. The predicted octanol–water partition coefficient (Wildman–Crippen LogP) is 1.50. The highest BCUT2D eigenvalue weighted by molar-refractivity contribution is 6.00. The van der Waals surface area contributed by atoms with E-state index in [0.717, 1.165) is 0 Å². The Kier molecular flexibility index (Phi) is 6.15. The Morgan fingerprint density at radius 2 is 1.68 bits per heavy atom. The fourth-order valence-corrected chi connectivity index (χ4v) is 2.39. The minimum atomic E-state index is -0.612. The zero-order valence-electron chi connectivity index (χ0n) is 13.5. The van der Waals surface area contributed by atoms with Crippen LogP contribution in [0.3, 0.4) is 0 Å². The number of esters is 3. The van der Waals surface area contributed by atoms with Crippen molar-refractivity contribution in [1.29, 1.82) is 0 Å². The summed E-state index contributed by atoms with van der Waals surface area (Å²) >= 11 is 0. The molecule has 0 unspecified atom stereocenters. The Balaban J connectivity index is 3.59. The molecule has 1 rings (SSSR count). The number of hydrogen-bond donors (Lipinski definition) is 0. The Morgan fingerprint density at radius 3 is 2.14 bits per heavy atom. The number of carbonyl (C=O) groups is 3. The highest BCUT2D eigenvalue weighted by Gasteiger charge is 2.30. The number of nitrogens with zero attached hydrogens (tertiary/aromatic N) is 1. The fourth-order valence-electron chi connectivity index (χ4n) is 2.39. The third-order valence-electron chi connectivity index (χ3n) is 3.35. The van der Waals surface area contributed by atoms with Crippen molar-refractivity contribution >= 4 is 17.9 Å². The standard InChI is InChI=1S/C15H21NO6/c1-6-16-9(3)12(14(18)22-7-2)10(8-11(17)20-4)13(16)15(19)21-5/h6-8H2,1-5H3. The van der Waals surface area contributed by atoms with Crippen LogP contribution in [0.15, 0.2) is 0 Å². The van der Waals surface area contributed by atoms with E-state index in [9.17, 15) is 14.4 Å². The minimum Gasteiger partial charge on any atom is -0.469 e. The van der Waals surface area contributed by atoms with Crippen molar-refractivity contribution in [3.63, 3.8) is 0 Å². The number of aromatic nitrogens is 1. The molecule has 7 nitrogen and oxygen atoms in total. The van der Waals surface area contributed by atoms with E-state index in [-0.39, 0.29) is 29.8 Å². The van der Waals surface area contributed by atoms with Gasteiger partial charge in [-0.1, -0.05) is 0 Å². The lowest BCUT2D eigenvalue weighted by molar-refractivity contribution is -0.139. The van der Waals surface area contributed by atoms with Gasteiger partial charge in [0.05, 0.1) is 32.8 Å². The van der Waals surface area contributed by atoms with Gasteiger partial charge in [-0.3, -0.25) is 4.79 Å². The summed E-state index contributed by atoms with van der Waals surface area (Å²) in [5.41, 5.74) is 1.22.